The molecular formula is C16H21FN4O2. The number of ether oxygens (including phenoxy) is 1. The summed E-state index contributed by atoms with van der Waals surface area (Å²) in [4.78, 5) is 23.7. The Balaban J connectivity index is 1.27. The highest BCUT2D eigenvalue weighted by molar-refractivity contribution is 5.78. The number of aromatic nitrogens is 2. The first-order valence-corrected chi connectivity index (χ1v) is 8.28. The third kappa shape index (κ3) is 2.89. The van der Waals surface area contributed by atoms with Gasteiger partial charge in [-0.3, -0.25) is 4.79 Å². The number of nitrogens with zero attached hydrogens (tertiary/aromatic N) is 4. The van der Waals surface area contributed by atoms with Crippen LogP contribution in [-0.4, -0.2) is 59.2 Å². The van der Waals surface area contributed by atoms with Crippen molar-refractivity contribution in [2.24, 2.45) is 5.92 Å². The molecule has 3 aliphatic rings. The quantitative estimate of drug-likeness (QED) is 0.838. The Bertz CT molecular complexity index is 578. The highest BCUT2D eigenvalue weighted by Crippen LogP contribution is 2.37. The minimum absolute atomic E-state index is 0.108. The minimum atomic E-state index is -0.419. The fraction of sp³-hybridized carbons (Fsp3) is 0.688. The van der Waals surface area contributed by atoms with E-state index in [0.717, 1.165) is 45.4 Å². The summed E-state index contributed by atoms with van der Waals surface area (Å²) in [5.74, 6) is 0.870. The molecule has 0 aromatic carbocycles. The van der Waals surface area contributed by atoms with Crippen LogP contribution in [0, 0.1) is 11.7 Å². The largest absolute Gasteiger partial charge is 0.371 e. The molecule has 6 nitrogen and oxygen atoms in total. The lowest BCUT2D eigenvalue weighted by atomic mass is 9.83. The highest BCUT2D eigenvalue weighted by Gasteiger charge is 2.47. The second-order valence-corrected chi connectivity index (χ2v) is 6.90. The fourth-order valence-electron chi connectivity index (χ4n) is 3.78. The number of carbonyl (C=O) groups is 1. The minimum Gasteiger partial charge on any atom is -0.371 e. The van der Waals surface area contributed by atoms with Crippen molar-refractivity contribution in [2.75, 3.05) is 37.7 Å². The average Bonchev–Trinajstić information content (AvgIpc) is 2.92. The van der Waals surface area contributed by atoms with E-state index in [1.54, 1.807) is 0 Å². The van der Waals surface area contributed by atoms with Gasteiger partial charge in [0.05, 0.1) is 32.1 Å². The molecule has 0 aliphatic carbocycles. The second kappa shape index (κ2) is 5.70. The van der Waals surface area contributed by atoms with E-state index in [2.05, 4.69) is 9.97 Å². The molecule has 0 N–H and O–H groups in total. The average molecular weight is 320 g/mol. The second-order valence-electron chi connectivity index (χ2n) is 6.90. The van der Waals surface area contributed by atoms with Crippen LogP contribution in [0.4, 0.5) is 10.3 Å². The maximum atomic E-state index is 12.9. The van der Waals surface area contributed by atoms with Gasteiger partial charge in [0, 0.05) is 25.4 Å². The van der Waals surface area contributed by atoms with Crippen LogP contribution in [0.2, 0.25) is 0 Å². The van der Waals surface area contributed by atoms with Crippen molar-refractivity contribution in [3.8, 4) is 0 Å². The zero-order valence-electron chi connectivity index (χ0n) is 13.1. The Hall–Kier alpha value is -1.76. The number of anilines is 1. The Morgan fingerprint density at radius 3 is 2.74 bits per heavy atom. The van der Waals surface area contributed by atoms with Crippen molar-refractivity contribution in [2.45, 2.75) is 31.3 Å². The van der Waals surface area contributed by atoms with Crippen LogP contribution in [-0.2, 0) is 9.53 Å². The maximum Gasteiger partial charge on any atom is 0.225 e. The summed E-state index contributed by atoms with van der Waals surface area (Å²) in [5.41, 5.74) is -0.108. The number of hydrogen-bond acceptors (Lipinski definition) is 5. The van der Waals surface area contributed by atoms with Gasteiger partial charge >= 0.3 is 0 Å². The third-order valence-corrected chi connectivity index (χ3v) is 5.13. The maximum absolute atomic E-state index is 12.9. The summed E-state index contributed by atoms with van der Waals surface area (Å²) < 4.78 is 19.0. The van der Waals surface area contributed by atoms with Crippen molar-refractivity contribution in [1.82, 2.24) is 14.9 Å². The van der Waals surface area contributed by atoms with E-state index in [1.165, 1.54) is 12.4 Å². The predicted molar refractivity (Wildman–Crippen MR) is 81.4 cm³/mol. The fourth-order valence-corrected chi connectivity index (χ4v) is 3.78. The number of hydrogen-bond donors (Lipinski definition) is 0. The molecule has 23 heavy (non-hydrogen) atoms. The van der Waals surface area contributed by atoms with Crippen molar-refractivity contribution < 1.29 is 13.9 Å². The number of rotatable bonds is 3. The molecule has 1 aromatic heterocycles. The van der Waals surface area contributed by atoms with E-state index in [-0.39, 0.29) is 11.5 Å². The van der Waals surface area contributed by atoms with E-state index in [9.17, 15) is 9.18 Å². The summed E-state index contributed by atoms with van der Waals surface area (Å²) in [7, 11) is 0. The zero-order valence-corrected chi connectivity index (χ0v) is 13.1. The molecule has 0 unspecified atom stereocenters. The topological polar surface area (TPSA) is 58.6 Å². The van der Waals surface area contributed by atoms with E-state index >= 15 is 0 Å². The van der Waals surface area contributed by atoms with Crippen molar-refractivity contribution in [1.29, 1.82) is 0 Å². The summed E-state index contributed by atoms with van der Waals surface area (Å²) >= 11 is 0. The van der Waals surface area contributed by atoms with E-state index in [0.29, 0.717) is 24.9 Å². The van der Waals surface area contributed by atoms with Crippen LogP contribution < -0.4 is 4.90 Å². The zero-order chi connectivity index (χ0) is 15.9. The summed E-state index contributed by atoms with van der Waals surface area (Å²) in [5, 5.41) is 0. The van der Waals surface area contributed by atoms with Crippen molar-refractivity contribution in [3.05, 3.63) is 18.2 Å². The van der Waals surface area contributed by atoms with Gasteiger partial charge in [-0.25, -0.2) is 14.4 Å². The molecule has 124 valence electrons. The van der Waals surface area contributed by atoms with E-state index < -0.39 is 5.82 Å². The lowest BCUT2D eigenvalue weighted by Gasteiger charge is -2.52. The normalized spacial score (nSPS) is 26.7. The smallest absolute Gasteiger partial charge is 0.225 e. The molecule has 4 rings (SSSR count). The molecule has 7 heteroatoms. The van der Waals surface area contributed by atoms with Crippen LogP contribution in [0.3, 0.4) is 0 Å². The monoisotopic (exact) mass is 320 g/mol. The van der Waals surface area contributed by atoms with E-state index in [1.807, 2.05) is 9.80 Å². The molecule has 1 aromatic rings. The molecule has 1 spiro atoms. The Kier molecular flexibility index (Phi) is 3.67. The Morgan fingerprint density at radius 1 is 1.35 bits per heavy atom. The van der Waals surface area contributed by atoms with Gasteiger partial charge in [0.2, 0.25) is 11.9 Å². The van der Waals surface area contributed by atoms with Gasteiger partial charge in [0.25, 0.3) is 0 Å². The molecular weight excluding hydrogens is 299 g/mol. The Labute approximate surface area is 134 Å². The molecule has 0 radical (unpaired) electrons. The predicted octanol–water partition coefficient (Wildman–Crippen LogP) is 1.22. The van der Waals surface area contributed by atoms with Gasteiger partial charge in [-0.05, 0) is 19.3 Å². The van der Waals surface area contributed by atoms with E-state index in [4.69, 9.17) is 4.74 Å². The Morgan fingerprint density at radius 2 is 2.13 bits per heavy atom. The first kappa shape index (κ1) is 14.8. The summed E-state index contributed by atoms with van der Waals surface area (Å²) in [6.07, 6.45) is 6.16. The first-order chi connectivity index (χ1) is 11.1. The first-order valence-electron chi connectivity index (χ1n) is 8.28. The molecule has 4 heterocycles. The van der Waals surface area contributed by atoms with Crippen LogP contribution in [0.25, 0.3) is 0 Å². The molecule has 1 atom stereocenters. The van der Waals surface area contributed by atoms with Gasteiger partial charge in [-0.15, -0.1) is 0 Å². The van der Waals surface area contributed by atoms with Gasteiger partial charge in [0.1, 0.15) is 5.60 Å². The number of halogens is 1. The van der Waals surface area contributed by atoms with Gasteiger partial charge in [-0.2, -0.15) is 0 Å². The SMILES string of the molecule is O=C1CCCN1C[C@H]1CCC2(CN(c3ncc(F)cn3)C2)OC1. The molecule has 0 bridgehead atoms. The standard InChI is InChI=1S/C16H21FN4O2/c17-13-6-18-15(19-7-13)21-10-16(11-21)4-3-12(9-23-16)8-20-5-1-2-14(20)22/h6-7,12H,1-5,8-11H2/t12-/m1/s1. The van der Waals surface area contributed by atoms with Gasteiger partial charge in [0.15, 0.2) is 5.82 Å². The number of carbonyl (C=O) groups excluding carboxylic acids is 1. The summed E-state index contributed by atoms with van der Waals surface area (Å²) in [6.45, 7) is 3.96. The molecule has 1 amide bonds. The molecule has 3 fully saturated rings. The number of amides is 1. The van der Waals surface area contributed by atoms with Gasteiger partial charge in [-0.1, -0.05) is 0 Å². The van der Waals surface area contributed by atoms with Crippen molar-refractivity contribution >= 4 is 11.9 Å². The summed E-state index contributed by atoms with van der Waals surface area (Å²) in [6, 6.07) is 0. The van der Waals surface area contributed by atoms with Crippen LogP contribution in [0.15, 0.2) is 12.4 Å². The van der Waals surface area contributed by atoms with Crippen LogP contribution >= 0.6 is 0 Å². The third-order valence-electron chi connectivity index (χ3n) is 5.13. The lowest BCUT2D eigenvalue weighted by molar-refractivity contribution is -0.134. The molecule has 0 saturated carbocycles. The van der Waals surface area contributed by atoms with Crippen LogP contribution in [0.5, 0.6) is 0 Å². The van der Waals surface area contributed by atoms with Gasteiger partial charge < -0.3 is 14.5 Å². The number of likely N-dealkylation sites (tertiary alicyclic amines) is 1. The van der Waals surface area contributed by atoms with Crippen molar-refractivity contribution in [3.63, 3.8) is 0 Å². The highest BCUT2D eigenvalue weighted by atomic mass is 19.1. The molecule has 3 aliphatic heterocycles. The van der Waals surface area contributed by atoms with Crippen LogP contribution in [0.1, 0.15) is 25.7 Å². The molecule has 3 saturated heterocycles. The lowest BCUT2D eigenvalue weighted by Crippen LogP contribution is -2.65.